The van der Waals surface area contributed by atoms with Gasteiger partial charge in [0.15, 0.2) is 0 Å². The maximum atomic E-state index is 11.2. The Morgan fingerprint density at radius 1 is 0.786 bits per heavy atom. The molecule has 0 heterocycles. The molecule has 162 valence electrons. The first-order valence-corrected chi connectivity index (χ1v) is 10.7. The molecule has 1 rings (SSSR count). The van der Waals surface area contributed by atoms with Gasteiger partial charge in [0, 0.05) is 25.3 Å². The highest BCUT2D eigenvalue weighted by Crippen LogP contribution is 2.40. The molecule has 0 fully saturated rings. The van der Waals surface area contributed by atoms with Crippen LogP contribution in [0.1, 0.15) is 89.5 Å². The fourth-order valence-corrected chi connectivity index (χ4v) is 3.76. The van der Waals surface area contributed by atoms with Gasteiger partial charge in [0.05, 0.1) is 0 Å². The van der Waals surface area contributed by atoms with Gasteiger partial charge in [-0.3, -0.25) is 4.90 Å². The second kappa shape index (κ2) is 10.6. The summed E-state index contributed by atoms with van der Waals surface area (Å²) in [5.41, 5.74) is 4.35. The van der Waals surface area contributed by atoms with E-state index >= 15 is 0 Å². The third-order valence-electron chi connectivity index (χ3n) is 5.45. The van der Waals surface area contributed by atoms with Crippen molar-refractivity contribution in [3.05, 3.63) is 28.3 Å². The summed E-state index contributed by atoms with van der Waals surface area (Å²) in [6, 6.07) is 2.19. The summed E-state index contributed by atoms with van der Waals surface area (Å²) >= 11 is 0. The number of benzene rings is 1. The number of phenols is 1. The van der Waals surface area contributed by atoms with Crippen molar-refractivity contribution in [3.63, 3.8) is 0 Å². The topological polar surface area (TPSA) is 63.9 Å². The van der Waals surface area contributed by atoms with Crippen LogP contribution in [0.2, 0.25) is 0 Å². The molecule has 0 atom stereocenters. The molecule has 1 aromatic carbocycles. The number of unbranched alkanes of at least 4 members (excludes halogenated alkanes) is 2. The fraction of sp³-hybridized carbons (Fsp3) is 0.750. The molecule has 0 amide bonds. The highest BCUT2D eigenvalue weighted by atomic mass is 16.3. The Balaban J connectivity index is 3.33. The lowest BCUT2D eigenvalue weighted by molar-refractivity contribution is 0.219. The number of nitrogens with zero attached hydrogens (tertiary/aromatic N) is 1. The van der Waals surface area contributed by atoms with E-state index in [1.807, 2.05) is 0 Å². The molecular weight excluding hydrogens is 350 g/mol. The third kappa shape index (κ3) is 7.06. The van der Waals surface area contributed by atoms with Crippen LogP contribution in [-0.4, -0.2) is 46.5 Å². The van der Waals surface area contributed by atoms with Gasteiger partial charge in [-0.15, -0.1) is 0 Å². The molecule has 1 aromatic rings. The molecule has 0 aromatic heterocycles. The quantitative estimate of drug-likeness (QED) is 0.507. The van der Waals surface area contributed by atoms with E-state index in [0.29, 0.717) is 12.3 Å². The molecule has 0 spiro atoms. The Kier molecular flexibility index (Phi) is 9.45. The zero-order chi connectivity index (χ0) is 21.5. The maximum absolute atomic E-state index is 11.2. The first kappa shape index (κ1) is 24.9. The van der Waals surface area contributed by atoms with Crippen LogP contribution >= 0.6 is 0 Å². The van der Waals surface area contributed by atoms with Crippen molar-refractivity contribution in [2.75, 3.05) is 26.3 Å². The van der Waals surface area contributed by atoms with E-state index in [1.54, 1.807) is 0 Å². The van der Waals surface area contributed by atoms with Gasteiger partial charge in [-0.05, 0) is 73.2 Å². The molecule has 0 saturated heterocycles. The Labute approximate surface area is 172 Å². The second-order valence-corrected chi connectivity index (χ2v) is 10.1. The lowest BCUT2D eigenvalue weighted by atomic mass is 9.76. The highest BCUT2D eigenvalue weighted by molar-refractivity contribution is 5.53. The van der Waals surface area contributed by atoms with Crippen LogP contribution in [0.25, 0.3) is 0 Å². The van der Waals surface area contributed by atoms with Gasteiger partial charge in [0.25, 0.3) is 0 Å². The van der Waals surface area contributed by atoms with Crippen molar-refractivity contribution < 1.29 is 15.3 Å². The number of rotatable bonds is 10. The minimum absolute atomic E-state index is 0.00510. The summed E-state index contributed by atoms with van der Waals surface area (Å²) in [6.07, 6.45) is 3.44. The summed E-state index contributed by atoms with van der Waals surface area (Å²) < 4.78 is 0. The zero-order valence-corrected chi connectivity index (χ0v) is 19.2. The van der Waals surface area contributed by atoms with Gasteiger partial charge < -0.3 is 15.3 Å². The summed E-state index contributed by atoms with van der Waals surface area (Å²) in [4.78, 5) is 2.35. The minimum atomic E-state index is -0.134. The average molecular weight is 394 g/mol. The van der Waals surface area contributed by atoms with E-state index in [-0.39, 0.29) is 24.0 Å². The van der Waals surface area contributed by atoms with Gasteiger partial charge in [0.2, 0.25) is 0 Å². The normalized spacial score (nSPS) is 12.8. The fourth-order valence-electron chi connectivity index (χ4n) is 3.76. The standard InChI is InChI=1S/C24H43NO3/c1-18-19(17-25(12-8-10-14-26)13-9-11-15-27)22(28)21(24(5,6)7)16-20(18)23(2,3)4/h16,26-28H,8-15,17H2,1-7H3. The van der Waals surface area contributed by atoms with E-state index in [2.05, 4.69) is 59.4 Å². The van der Waals surface area contributed by atoms with Crippen LogP contribution in [0.3, 0.4) is 0 Å². The van der Waals surface area contributed by atoms with Crippen LogP contribution in [-0.2, 0) is 17.4 Å². The largest absolute Gasteiger partial charge is 0.507 e. The molecule has 0 aliphatic carbocycles. The number of aromatic hydroxyl groups is 1. The van der Waals surface area contributed by atoms with Gasteiger partial charge in [-0.2, -0.15) is 0 Å². The molecule has 3 N–H and O–H groups in total. The smallest absolute Gasteiger partial charge is 0.124 e. The van der Waals surface area contributed by atoms with Crippen LogP contribution in [0.5, 0.6) is 5.75 Å². The van der Waals surface area contributed by atoms with Crippen LogP contribution in [0, 0.1) is 6.92 Å². The molecule has 4 nitrogen and oxygen atoms in total. The summed E-state index contributed by atoms with van der Waals surface area (Å²) in [5.74, 6) is 0.423. The number of hydrogen-bond donors (Lipinski definition) is 3. The van der Waals surface area contributed by atoms with Gasteiger partial charge in [-0.1, -0.05) is 47.6 Å². The number of aliphatic hydroxyl groups excluding tert-OH is 2. The van der Waals surface area contributed by atoms with Gasteiger partial charge >= 0.3 is 0 Å². The lowest BCUT2D eigenvalue weighted by Crippen LogP contribution is -2.28. The molecular formula is C24H43NO3. The van der Waals surface area contributed by atoms with Crippen molar-refractivity contribution in [2.24, 2.45) is 0 Å². The maximum Gasteiger partial charge on any atom is 0.124 e. The minimum Gasteiger partial charge on any atom is -0.507 e. The average Bonchev–Trinajstić information content (AvgIpc) is 2.56. The van der Waals surface area contributed by atoms with Crippen molar-refractivity contribution >= 4 is 0 Å². The Hall–Kier alpha value is -1.10. The molecule has 4 heteroatoms. The van der Waals surface area contributed by atoms with Crippen LogP contribution in [0.15, 0.2) is 6.07 Å². The predicted octanol–water partition coefficient (Wildman–Crippen LogP) is 4.64. The Morgan fingerprint density at radius 3 is 1.64 bits per heavy atom. The third-order valence-corrected chi connectivity index (χ3v) is 5.45. The lowest BCUT2D eigenvalue weighted by Gasteiger charge is -2.32. The summed E-state index contributed by atoms with van der Waals surface area (Å²) in [6.45, 7) is 18.1. The first-order chi connectivity index (χ1) is 12.9. The van der Waals surface area contributed by atoms with E-state index in [1.165, 1.54) is 11.1 Å². The zero-order valence-electron chi connectivity index (χ0n) is 19.2. The molecule has 0 radical (unpaired) electrons. The molecule has 0 saturated carbocycles. The molecule has 0 bridgehead atoms. The predicted molar refractivity (Wildman–Crippen MR) is 118 cm³/mol. The highest BCUT2D eigenvalue weighted by Gasteiger charge is 2.28. The molecule has 0 unspecified atom stereocenters. The van der Waals surface area contributed by atoms with Gasteiger partial charge in [-0.25, -0.2) is 0 Å². The molecule has 0 aliphatic rings. The van der Waals surface area contributed by atoms with Gasteiger partial charge in [0.1, 0.15) is 5.75 Å². The molecule has 28 heavy (non-hydrogen) atoms. The first-order valence-electron chi connectivity index (χ1n) is 10.7. The Bertz CT molecular complexity index is 563. The number of phenolic OH excluding ortho intramolecular Hbond substituents is 1. The van der Waals surface area contributed by atoms with E-state index in [0.717, 1.165) is 49.9 Å². The molecule has 0 aliphatic heterocycles. The van der Waals surface area contributed by atoms with E-state index in [4.69, 9.17) is 10.2 Å². The van der Waals surface area contributed by atoms with Crippen molar-refractivity contribution in [1.29, 1.82) is 0 Å². The monoisotopic (exact) mass is 393 g/mol. The van der Waals surface area contributed by atoms with Crippen molar-refractivity contribution in [2.45, 2.75) is 91.5 Å². The SMILES string of the molecule is Cc1c(C(C)(C)C)cc(C(C)(C)C)c(O)c1CN(CCCCO)CCCCO. The van der Waals surface area contributed by atoms with Crippen molar-refractivity contribution in [1.82, 2.24) is 4.90 Å². The summed E-state index contributed by atoms with van der Waals surface area (Å²) in [5, 5.41) is 29.4. The second-order valence-electron chi connectivity index (χ2n) is 10.1. The number of hydrogen-bond acceptors (Lipinski definition) is 4. The van der Waals surface area contributed by atoms with E-state index in [9.17, 15) is 5.11 Å². The van der Waals surface area contributed by atoms with Crippen molar-refractivity contribution in [3.8, 4) is 5.75 Å². The Morgan fingerprint density at radius 2 is 1.25 bits per heavy atom. The van der Waals surface area contributed by atoms with E-state index < -0.39 is 0 Å². The number of aliphatic hydroxyl groups is 2. The summed E-state index contributed by atoms with van der Waals surface area (Å²) in [7, 11) is 0. The van der Waals surface area contributed by atoms with Crippen LogP contribution in [0.4, 0.5) is 0 Å². The van der Waals surface area contributed by atoms with Crippen LogP contribution < -0.4 is 0 Å².